The lowest BCUT2D eigenvalue weighted by Crippen LogP contribution is -2.55. The number of hydrogen-bond donors (Lipinski definition) is 1. The number of hydrogen-bond acceptors (Lipinski definition) is 4. The Morgan fingerprint density at radius 1 is 1.17 bits per heavy atom. The Morgan fingerprint density at radius 2 is 1.83 bits per heavy atom. The van der Waals surface area contributed by atoms with Crippen molar-refractivity contribution in [2.45, 2.75) is 32.0 Å². The van der Waals surface area contributed by atoms with Gasteiger partial charge in [0.25, 0.3) is 5.91 Å². The van der Waals surface area contributed by atoms with Gasteiger partial charge >= 0.3 is 0 Å². The number of guanidine groups is 1. The Bertz CT molecular complexity index is 683. The zero-order valence-electron chi connectivity index (χ0n) is 17.8. The molecule has 1 aromatic rings. The highest BCUT2D eigenvalue weighted by Gasteiger charge is 2.30. The minimum atomic E-state index is -0.225. The minimum absolute atomic E-state index is 0. The predicted octanol–water partition coefficient (Wildman–Crippen LogP) is 1.76. The molecule has 162 valence electrons. The first-order valence-electron chi connectivity index (χ1n) is 10.2. The van der Waals surface area contributed by atoms with Crippen LogP contribution in [0.4, 0.5) is 0 Å². The quantitative estimate of drug-likeness (QED) is 0.368. The van der Waals surface area contributed by atoms with Crippen LogP contribution in [0.1, 0.15) is 24.0 Å². The van der Waals surface area contributed by atoms with E-state index in [2.05, 4.69) is 58.5 Å². The van der Waals surface area contributed by atoms with Crippen LogP contribution < -0.4 is 5.32 Å². The SMILES string of the molecule is CN=C(NCc1ccccc1CN(C)C)N1CCN(C(=O)C2CCCO2)CC1.I. The molecule has 2 heterocycles. The van der Waals surface area contributed by atoms with Gasteiger partial charge in [0.1, 0.15) is 6.10 Å². The van der Waals surface area contributed by atoms with E-state index >= 15 is 0 Å². The van der Waals surface area contributed by atoms with Crippen molar-refractivity contribution in [2.24, 2.45) is 4.99 Å². The Hall–Kier alpha value is -1.39. The zero-order chi connectivity index (χ0) is 19.9. The fourth-order valence-electron chi connectivity index (χ4n) is 3.85. The third-order valence-corrected chi connectivity index (χ3v) is 5.35. The third-order valence-electron chi connectivity index (χ3n) is 5.35. The molecular formula is C21H34IN5O2. The van der Waals surface area contributed by atoms with Crippen molar-refractivity contribution in [3.05, 3.63) is 35.4 Å². The summed E-state index contributed by atoms with van der Waals surface area (Å²) in [4.78, 5) is 23.3. The van der Waals surface area contributed by atoms with E-state index in [1.807, 2.05) is 11.9 Å². The van der Waals surface area contributed by atoms with Crippen molar-refractivity contribution >= 4 is 35.8 Å². The molecule has 0 spiro atoms. The molecule has 0 bridgehead atoms. The molecule has 1 atom stereocenters. The topological polar surface area (TPSA) is 60.4 Å². The van der Waals surface area contributed by atoms with Crippen LogP contribution in [0.5, 0.6) is 0 Å². The number of aliphatic imine (C=N–C) groups is 1. The van der Waals surface area contributed by atoms with Gasteiger partial charge in [0, 0.05) is 52.9 Å². The van der Waals surface area contributed by atoms with Crippen molar-refractivity contribution in [2.75, 3.05) is 53.9 Å². The van der Waals surface area contributed by atoms with Gasteiger partial charge in [-0.1, -0.05) is 24.3 Å². The molecule has 2 saturated heterocycles. The molecular weight excluding hydrogens is 481 g/mol. The van der Waals surface area contributed by atoms with Crippen LogP contribution in [0.15, 0.2) is 29.3 Å². The summed E-state index contributed by atoms with van der Waals surface area (Å²) in [7, 11) is 5.99. The van der Waals surface area contributed by atoms with Gasteiger partial charge in [-0.2, -0.15) is 0 Å². The number of carbonyl (C=O) groups is 1. The normalized spacial score (nSPS) is 20.0. The van der Waals surface area contributed by atoms with Gasteiger partial charge in [-0.25, -0.2) is 0 Å². The summed E-state index contributed by atoms with van der Waals surface area (Å²) in [5.41, 5.74) is 2.60. The van der Waals surface area contributed by atoms with Crippen molar-refractivity contribution < 1.29 is 9.53 Å². The molecule has 1 amide bonds. The molecule has 1 unspecified atom stereocenters. The van der Waals surface area contributed by atoms with E-state index in [0.29, 0.717) is 6.61 Å². The van der Waals surface area contributed by atoms with Gasteiger partial charge in [0.15, 0.2) is 5.96 Å². The van der Waals surface area contributed by atoms with Crippen molar-refractivity contribution in [1.82, 2.24) is 20.0 Å². The number of halogens is 1. The van der Waals surface area contributed by atoms with E-state index in [0.717, 1.165) is 58.1 Å². The monoisotopic (exact) mass is 515 g/mol. The van der Waals surface area contributed by atoms with Gasteiger partial charge in [-0.05, 0) is 38.1 Å². The zero-order valence-corrected chi connectivity index (χ0v) is 20.1. The molecule has 2 aliphatic rings. The Balaban J connectivity index is 0.00000300. The molecule has 7 nitrogen and oxygen atoms in total. The van der Waals surface area contributed by atoms with E-state index in [-0.39, 0.29) is 36.0 Å². The maximum atomic E-state index is 12.5. The number of piperazine rings is 1. The van der Waals surface area contributed by atoms with Crippen LogP contribution in [0.25, 0.3) is 0 Å². The second kappa shape index (κ2) is 11.7. The van der Waals surface area contributed by atoms with E-state index in [1.54, 1.807) is 0 Å². The highest BCUT2D eigenvalue weighted by Crippen LogP contribution is 2.16. The van der Waals surface area contributed by atoms with Gasteiger partial charge in [-0.3, -0.25) is 9.79 Å². The minimum Gasteiger partial charge on any atom is -0.368 e. The van der Waals surface area contributed by atoms with E-state index < -0.39 is 0 Å². The van der Waals surface area contributed by atoms with Crippen LogP contribution in [0, 0.1) is 0 Å². The third kappa shape index (κ3) is 6.55. The molecule has 8 heteroatoms. The van der Waals surface area contributed by atoms with Crippen LogP contribution in [0.2, 0.25) is 0 Å². The Labute approximate surface area is 191 Å². The average Bonchev–Trinajstić information content (AvgIpc) is 3.24. The molecule has 0 aromatic heterocycles. The first-order valence-corrected chi connectivity index (χ1v) is 10.2. The molecule has 0 radical (unpaired) electrons. The van der Waals surface area contributed by atoms with E-state index in [1.165, 1.54) is 11.1 Å². The fourth-order valence-corrected chi connectivity index (χ4v) is 3.85. The number of amides is 1. The first-order chi connectivity index (χ1) is 13.6. The number of nitrogens with one attached hydrogen (secondary N) is 1. The van der Waals surface area contributed by atoms with Crippen molar-refractivity contribution in [1.29, 1.82) is 0 Å². The van der Waals surface area contributed by atoms with Gasteiger partial charge in [-0.15, -0.1) is 24.0 Å². The lowest BCUT2D eigenvalue weighted by molar-refractivity contribution is -0.142. The molecule has 1 N–H and O–H groups in total. The van der Waals surface area contributed by atoms with Crippen LogP contribution in [-0.2, 0) is 22.6 Å². The Morgan fingerprint density at radius 3 is 2.41 bits per heavy atom. The summed E-state index contributed by atoms with van der Waals surface area (Å²) in [6.45, 7) is 5.39. The molecule has 0 saturated carbocycles. The first kappa shape index (κ1) is 23.9. The summed E-state index contributed by atoms with van der Waals surface area (Å²) < 4.78 is 5.55. The van der Waals surface area contributed by atoms with Crippen LogP contribution >= 0.6 is 24.0 Å². The van der Waals surface area contributed by atoms with Crippen molar-refractivity contribution in [3.63, 3.8) is 0 Å². The van der Waals surface area contributed by atoms with Gasteiger partial charge in [0.2, 0.25) is 0 Å². The summed E-state index contributed by atoms with van der Waals surface area (Å²) in [5, 5.41) is 3.50. The summed E-state index contributed by atoms with van der Waals surface area (Å²) in [6, 6.07) is 8.50. The van der Waals surface area contributed by atoms with Crippen LogP contribution in [-0.4, -0.2) is 86.6 Å². The molecule has 2 aliphatic heterocycles. The standard InChI is InChI=1S/C21H33N5O2.HI/c1-22-21(23-15-17-7-4-5-8-18(17)16-24(2)3)26-12-10-25(11-13-26)20(27)19-9-6-14-28-19;/h4-5,7-8,19H,6,9-16H2,1-3H3,(H,22,23);1H. The smallest absolute Gasteiger partial charge is 0.251 e. The summed E-state index contributed by atoms with van der Waals surface area (Å²) in [5.74, 6) is 1.04. The van der Waals surface area contributed by atoms with Gasteiger partial charge < -0.3 is 24.8 Å². The maximum absolute atomic E-state index is 12.5. The van der Waals surface area contributed by atoms with Gasteiger partial charge in [0.05, 0.1) is 0 Å². The number of carbonyl (C=O) groups excluding carboxylic acids is 1. The van der Waals surface area contributed by atoms with E-state index in [9.17, 15) is 4.79 Å². The van der Waals surface area contributed by atoms with Crippen LogP contribution in [0.3, 0.4) is 0 Å². The summed E-state index contributed by atoms with van der Waals surface area (Å²) in [6.07, 6.45) is 1.62. The molecule has 2 fully saturated rings. The predicted molar refractivity (Wildman–Crippen MR) is 127 cm³/mol. The molecule has 3 rings (SSSR count). The number of benzene rings is 1. The molecule has 0 aliphatic carbocycles. The molecule has 1 aromatic carbocycles. The second-order valence-corrected chi connectivity index (χ2v) is 7.72. The lowest BCUT2D eigenvalue weighted by atomic mass is 10.1. The number of ether oxygens (including phenoxy) is 1. The maximum Gasteiger partial charge on any atom is 0.251 e. The van der Waals surface area contributed by atoms with E-state index in [4.69, 9.17) is 4.74 Å². The number of rotatable bonds is 5. The number of nitrogens with zero attached hydrogens (tertiary/aromatic N) is 4. The van der Waals surface area contributed by atoms with Crippen molar-refractivity contribution in [3.8, 4) is 0 Å². The second-order valence-electron chi connectivity index (χ2n) is 7.72. The highest BCUT2D eigenvalue weighted by molar-refractivity contribution is 14.0. The fraction of sp³-hybridized carbons (Fsp3) is 0.619. The lowest BCUT2D eigenvalue weighted by Gasteiger charge is -2.37. The highest BCUT2D eigenvalue weighted by atomic mass is 127. The summed E-state index contributed by atoms with van der Waals surface area (Å²) >= 11 is 0. The largest absolute Gasteiger partial charge is 0.368 e. The average molecular weight is 515 g/mol. The Kier molecular flexibility index (Phi) is 9.64. The molecule has 29 heavy (non-hydrogen) atoms.